The van der Waals surface area contributed by atoms with Crippen LogP contribution in [-0.4, -0.2) is 16.7 Å². The molecule has 0 unspecified atom stereocenters. The van der Waals surface area contributed by atoms with E-state index < -0.39 is 0 Å². The molecule has 0 spiro atoms. The number of benzene rings is 1. The molecular weight excluding hydrogens is 222 g/mol. The minimum Gasteiger partial charge on any atom is -0.278 e. The van der Waals surface area contributed by atoms with Gasteiger partial charge in [-0.3, -0.25) is 9.36 Å². The molecule has 0 bridgehead atoms. The van der Waals surface area contributed by atoms with Crippen molar-refractivity contribution >= 4 is 33.7 Å². The highest BCUT2D eigenvalue weighted by Gasteiger charge is 2.03. The van der Waals surface area contributed by atoms with Crippen LogP contribution in [0, 0.1) is 0 Å². The minimum atomic E-state index is 0.595. The molecule has 1 aromatic carbocycles. The van der Waals surface area contributed by atoms with Crippen molar-refractivity contribution in [3.8, 4) is 0 Å². The van der Waals surface area contributed by atoms with Gasteiger partial charge in [-0.2, -0.15) is 5.10 Å². The molecule has 0 aliphatic rings. The van der Waals surface area contributed by atoms with E-state index in [2.05, 4.69) is 10.2 Å². The first kappa shape index (κ1) is 10.8. The van der Waals surface area contributed by atoms with Gasteiger partial charge in [-0.05, 0) is 26.0 Å². The summed E-state index contributed by atoms with van der Waals surface area (Å²) in [5, 5.41) is 8.02. The number of hydrogen-bond acceptors (Lipinski definition) is 4. The number of hydrogen-bond donors (Lipinski definition) is 0. The van der Waals surface area contributed by atoms with E-state index in [9.17, 15) is 4.79 Å². The third-order valence-corrected chi connectivity index (χ3v) is 3.00. The summed E-state index contributed by atoms with van der Waals surface area (Å²) in [6.45, 7) is 3.73. The number of fused-ring (bicyclic) bond motifs is 1. The van der Waals surface area contributed by atoms with Crippen molar-refractivity contribution in [2.45, 2.75) is 13.8 Å². The molecule has 2 rings (SSSR count). The summed E-state index contributed by atoms with van der Waals surface area (Å²) in [5.74, 6) is 0. The Bertz CT molecular complexity index is 617. The van der Waals surface area contributed by atoms with E-state index in [1.807, 2.05) is 38.1 Å². The molecule has 0 amide bonds. The largest absolute Gasteiger partial charge is 0.278 e. The zero-order valence-corrected chi connectivity index (χ0v) is 9.86. The van der Waals surface area contributed by atoms with Gasteiger partial charge in [0.1, 0.15) is 0 Å². The molecule has 0 aliphatic carbocycles. The smallest absolute Gasteiger partial charge is 0.220 e. The predicted octanol–water partition coefficient (Wildman–Crippen LogP) is 2.04. The van der Waals surface area contributed by atoms with Crippen LogP contribution in [0.25, 0.3) is 10.2 Å². The first-order valence-electron chi connectivity index (χ1n) is 4.82. The monoisotopic (exact) mass is 233 g/mol. The lowest BCUT2D eigenvalue weighted by Crippen LogP contribution is -2.13. The van der Waals surface area contributed by atoms with Gasteiger partial charge in [-0.1, -0.05) is 23.5 Å². The highest BCUT2D eigenvalue weighted by atomic mass is 32.1. The summed E-state index contributed by atoms with van der Waals surface area (Å²) in [6.07, 6.45) is 0.762. The van der Waals surface area contributed by atoms with Gasteiger partial charge >= 0.3 is 0 Å². The Morgan fingerprint density at radius 1 is 1.38 bits per heavy atom. The van der Waals surface area contributed by atoms with Crippen molar-refractivity contribution in [1.29, 1.82) is 0 Å². The van der Waals surface area contributed by atoms with Gasteiger partial charge in [0.2, 0.25) is 11.2 Å². The van der Waals surface area contributed by atoms with Crippen LogP contribution >= 0.6 is 11.3 Å². The lowest BCUT2D eigenvalue weighted by molar-refractivity contribution is 0.547. The molecule has 82 valence electrons. The maximum atomic E-state index is 11.0. The van der Waals surface area contributed by atoms with Crippen molar-refractivity contribution in [2.75, 3.05) is 0 Å². The third-order valence-electron chi connectivity index (χ3n) is 1.97. The fraction of sp³-hybridized carbons (Fsp3) is 0.182. The Morgan fingerprint density at radius 3 is 2.81 bits per heavy atom. The molecule has 0 atom stereocenters. The number of thiazole rings is 1. The Kier molecular flexibility index (Phi) is 2.96. The maximum absolute atomic E-state index is 11.0. The Morgan fingerprint density at radius 2 is 2.12 bits per heavy atom. The first-order valence-corrected chi connectivity index (χ1v) is 5.64. The zero-order valence-electron chi connectivity index (χ0n) is 9.04. The van der Waals surface area contributed by atoms with Gasteiger partial charge in [0, 0.05) is 5.71 Å². The van der Waals surface area contributed by atoms with E-state index in [-0.39, 0.29) is 0 Å². The molecule has 0 aliphatic heterocycles. The van der Waals surface area contributed by atoms with Gasteiger partial charge in [0.25, 0.3) is 0 Å². The highest BCUT2D eigenvalue weighted by Crippen LogP contribution is 2.15. The number of para-hydroxylation sites is 1. The molecule has 2 aromatic rings. The number of carbonyl (C=O) groups excluding carboxylic acids is 1. The first-order chi connectivity index (χ1) is 7.72. The van der Waals surface area contributed by atoms with Crippen LogP contribution in [0.2, 0.25) is 0 Å². The molecule has 0 N–H and O–H groups in total. The van der Waals surface area contributed by atoms with Crippen LogP contribution in [0.1, 0.15) is 13.8 Å². The zero-order chi connectivity index (χ0) is 11.5. The second kappa shape index (κ2) is 4.40. The maximum Gasteiger partial charge on any atom is 0.220 e. The fourth-order valence-corrected chi connectivity index (χ4v) is 2.24. The van der Waals surface area contributed by atoms with Crippen LogP contribution in [0.3, 0.4) is 0 Å². The number of carbonyl (C=O) groups is 1. The van der Waals surface area contributed by atoms with E-state index in [1.165, 1.54) is 15.9 Å². The quantitative estimate of drug-likeness (QED) is 0.445. The molecule has 0 radical (unpaired) electrons. The Labute approximate surface area is 96.6 Å². The Balaban J connectivity index is 2.75. The van der Waals surface area contributed by atoms with Crippen LogP contribution in [0.4, 0.5) is 0 Å². The van der Waals surface area contributed by atoms with Gasteiger partial charge in [-0.25, -0.2) is 0 Å². The second-order valence-corrected chi connectivity index (χ2v) is 4.48. The second-order valence-electron chi connectivity index (χ2n) is 3.47. The van der Waals surface area contributed by atoms with Gasteiger partial charge in [0.15, 0.2) is 0 Å². The Hall–Kier alpha value is -1.75. The predicted molar refractivity (Wildman–Crippen MR) is 66.3 cm³/mol. The van der Waals surface area contributed by atoms with Crippen molar-refractivity contribution in [2.24, 2.45) is 10.2 Å². The van der Waals surface area contributed by atoms with E-state index in [0.29, 0.717) is 4.80 Å². The average molecular weight is 233 g/mol. The SMILES string of the molecule is CC(C)=NN=c1sc2ccccc2n1C=O. The molecule has 4 nitrogen and oxygen atoms in total. The lowest BCUT2D eigenvalue weighted by Gasteiger charge is -1.91. The van der Waals surface area contributed by atoms with Crippen LogP contribution < -0.4 is 4.80 Å². The molecule has 16 heavy (non-hydrogen) atoms. The number of aromatic nitrogens is 1. The van der Waals surface area contributed by atoms with E-state index >= 15 is 0 Å². The van der Waals surface area contributed by atoms with Crippen LogP contribution in [0.15, 0.2) is 34.5 Å². The van der Waals surface area contributed by atoms with Crippen LogP contribution in [-0.2, 0) is 4.79 Å². The molecule has 0 saturated carbocycles. The summed E-state index contributed by atoms with van der Waals surface area (Å²) in [5.41, 5.74) is 1.72. The summed E-state index contributed by atoms with van der Waals surface area (Å²) in [7, 11) is 0. The lowest BCUT2D eigenvalue weighted by atomic mass is 10.3. The molecule has 0 fully saturated rings. The third kappa shape index (κ3) is 1.94. The minimum absolute atomic E-state index is 0.595. The number of nitrogens with zero attached hydrogens (tertiary/aromatic N) is 3. The summed E-state index contributed by atoms with van der Waals surface area (Å²) < 4.78 is 2.53. The molecule has 1 aromatic heterocycles. The summed E-state index contributed by atoms with van der Waals surface area (Å²) in [4.78, 5) is 11.6. The summed E-state index contributed by atoms with van der Waals surface area (Å²) in [6, 6.07) is 7.68. The molecular formula is C11H11N3OS. The molecule has 0 saturated heterocycles. The van der Waals surface area contributed by atoms with Crippen molar-refractivity contribution < 1.29 is 4.79 Å². The fourth-order valence-electron chi connectivity index (χ4n) is 1.31. The van der Waals surface area contributed by atoms with Gasteiger partial charge in [-0.15, -0.1) is 5.10 Å². The van der Waals surface area contributed by atoms with Crippen LogP contribution in [0.5, 0.6) is 0 Å². The van der Waals surface area contributed by atoms with Crippen molar-refractivity contribution in [1.82, 2.24) is 4.57 Å². The van der Waals surface area contributed by atoms with E-state index in [1.54, 1.807) is 0 Å². The van der Waals surface area contributed by atoms with Crippen molar-refractivity contribution in [3.63, 3.8) is 0 Å². The highest BCUT2D eigenvalue weighted by molar-refractivity contribution is 7.16. The summed E-state index contributed by atoms with van der Waals surface area (Å²) >= 11 is 1.45. The van der Waals surface area contributed by atoms with E-state index in [4.69, 9.17) is 0 Å². The normalized spacial score (nSPS) is 11.8. The average Bonchev–Trinajstić information content (AvgIpc) is 2.63. The molecule has 1 heterocycles. The molecule has 5 heteroatoms. The van der Waals surface area contributed by atoms with Gasteiger partial charge < -0.3 is 0 Å². The number of rotatable bonds is 2. The van der Waals surface area contributed by atoms with Crippen molar-refractivity contribution in [3.05, 3.63) is 29.1 Å². The van der Waals surface area contributed by atoms with E-state index in [0.717, 1.165) is 22.3 Å². The standard InChI is InChI=1S/C11H11N3OS/c1-8(2)12-13-11-14(7-15)9-5-3-4-6-10(9)16-11/h3-7H,1-2H3. The topological polar surface area (TPSA) is 46.7 Å². The van der Waals surface area contributed by atoms with Gasteiger partial charge in [0.05, 0.1) is 10.2 Å².